The van der Waals surface area contributed by atoms with Crippen molar-refractivity contribution in [2.75, 3.05) is 5.32 Å². The number of para-hydroxylation sites is 1. The number of carbonyl (C=O) groups excluding carboxylic acids is 1. The van der Waals surface area contributed by atoms with Crippen LogP contribution < -0.4 is 5.32 Å². The summed E-state index contributed by atoms with van der Waals surface area (Å²) in [6.07, 6.45) is 0. The van der Waals surface area contributed by atoms with Gasteiger partial charge in [0.25, 0.3) is 5.91 Å². The lowest BCUT2D eigenvalue weighted by Gasteiger charge is -2.12. The molecular weight excluding hydrogens is 370 g/mol. The van der Waals surface area contributed by atoms with E-state index in [4.69, 9.17) is 0 Å². The van der Waals surface area contributed by atoms with E-state index in [2.05, 4.69) is 37.2 Å². The summed E-state index contributed by atoms with van der Waals surface area (Å²) in [5, 5.41) is 2.95. The molecule has 0 aliphatic carbocycles. The van der Waals surface area contributed by atoms with Crippen LogP contribution in [0.4, 0.5) is 5.69 Å². The standard InChI is InChI=1S/C15H13Br2NO/c1-10(16)13-7-2-3-8-14(13)18-15(19)11-5-4-6-12(17)9-11/h2-10H,1H3,(H,18,19). The Hall–Kier alpha value is -1.13. The first-order valence-electron chi connectivity index (χ1n) is 5.88. The Bertz CT molecular complexity index is 596. The number of rotatable bonds is 3. The molecule has 0 bridgehead atoms. The van der Waals surface area contributed by atoms with Crippen molar-refractivity contribution in [3.05, 3.63) is 64.1 Å². The molecule has 1 unspecified atom stereocenters. The first-order valence-corrected chi connectivity index (χ1v) is 7.58. The SMILES string of the molecule is CC(Br)c1ccccc1NC(=O)c1cccc(Br)c1. The predicted octanol–water partition coefficient (Wildman–Crippen LogP) is 5.16. The third kappa shape index (κ3) is 3.67. The van der Waals surface area contributed by atoms with Crippen LogP contribution in [0.1, 0.15) is 27.7 Å². The number of halogens is 2. The fourth-order valence-corrected chi connectivity index (χ4v) is 2.58. The van der Waals surface area contributed by atoms with Gasteiger partial charge in [-0.25, -0.2) is 0 Å². The van der Waals surface area contributed by atoms with Crippen LogP contribution in [0.5, 0.6) is 0 Å². The first kappa shape index (κ1) is 14.3. The van der Waals surface area contributed by atoms with Crippen LogP contribution in [-0.2, 0) is 0 Å². The fraction of sp³-hybridized carbons (Fsp3) is 0.133. The monoisotopic (exact) mass is 381 g/mol. The summed E-state index contributed by atoms with van der Waals surface area (Å²) in [5.74, 6) is -0.109. The van der Waals surface area contributed by atoms with E-state index in [9.17, 15) is 4.79 Å². The van der Waals surface area contributed by atoms with Crippen molar-refractivity contribution in [3.63, 3.8) is 0 Å². The van der Waals surface area contributed by atoms with Gasteiger partial charge in [0.15, 0.2) is 0 Å². The Balaban J connectivity index is 2.24. The topological polar surface area (TPSA) is 29.1 Å². The normalized spacial score (nSPS) is 11.9. The molecule has 0 spiro atoms. The predicted molar refractivity (Wildman–Crippen MR) is 85.9 cm³/mol. The Labute approximate surface area is 129 Å². The van der Waals surface area contributed by atoms with Gasteiger partial charge in [0.2, 0.25) is 0 Å². The molecule has 98 valence electrons. The number of carbonyl (C=O) groups is 1. The molecule has 2 aromatic rings. The van der Waals surface area contributed by atoms with Gasteiger partial charge >= 0.3 is 0 Å². The largest absolute Gasteiger partial charge is 0.322 e. The average Bonchev–Trinajstić information content (AvgIpc) is 2.39. The number of alkyl halides is 1. The Kier molecular flexibility index (Phi) is 4.77. The zero-order valence-corrected chi connectivity index (χ0v) is 13.5. The van der Waals surface area contributed by atoms with Gasteiger partial charge < -0.3 is 5.32 Å². The molecule has 1 amide bonds. The smallest absolute Gasteiger partial charge is 0.255 e. The number of anilines is 1. The number of nitrogens with one attached hydrogen (secondary N) is 1. The minimum Gasteiger partial charge on any atom is -0.322 e. The van der Waals surface area contributed by atoms with Gasteiger partial charge in [-0.2, -0.15) is 0 Å². The van der Waals surface area contributed by atoms with Crippen molar-refractivity contribution < 1.29 is 4.79 Å². The van der Waals surface area contributed by atoms with Crippen LogP contribution >= 0.6 is 31.9 Å². The lowest BCUT2D eigenvalue weighted by Crippen LogP contribution is -2.13. The highest BCUT2D eigenvalue weighted by Gasteiger charge is 2.11. The zero-order valence-electron chi connectivity index (χ0n) is 10.4. The summed E-state index contributed by atoms with van der Waals surface area (Å²) in [5.41, 5.74) is 2.52. The van der Waals surface area contributed by atoms with Crippen LogP contribution in [0.3, 0.4) is 0 Å². The van der Waals surface area contributed by atoms with Crippen molar-refractivity contribution in [1.82, 2.24) is 0 Å². The van der Waals surface area contributed by atoms with E-state index < -0.39 is 0 Å². The maximum atomic E-state index is 12.2. The van der Waals surface area contributed by atoms with Crippen LogP contribution in [0.2, 0.25) is 0 Å². The van der Waals surface area contributed by atoms with Crippen LogP contribution in [0.25, 0.3) is 0 Å². The number of amides is 1. The quantitative estimate of drug-likeness (QED) is 0.730. The summed E-state index contributed by atoms with van der Waals surface area (Å²) >= 11 is 6.90. The number of hydrogen-bond acceptors (Lipinski definition) is 1. The minimum atomic E-state index is -0.109. The van der Waals surface area contributed by atoms with Crippen LogP contribution in [0, 0.1) is 0 Å². The fourth-order valence-electron chi connectivity index (χ4n) is 1.78. The summed E-state index contributed by atoms with van der Waals surface area (Å²) < 4.78 is 0.891. The average molecular weight is 383 g/mol. The highest BCUT2D eigenvalue weighted by atomic mass is 79.9. The highest BCUT2D eigenvalue weighted by molar-refractivity contribution is 9.10. The molecule has 1 N–H and O–H groups in total. The second-order valence-corrected chi connectivity index (χ2v) is 6.46. The third-order valence-electron chi connectivity index (χ3n) is 2.72. The summed E-state index contributed by atoms with van der Waals surface area (Å²) in [4.78, 5) is 12.4. The Morgan fingerprint density at radius 3 is 2.58 bits per heavy atom. The number of benzene rings is 2. The molecule has 0 aromatic heterocycles. The van der Waals surface area contributed by atoms with Gasteiger partial charge in [0.05, 0.1) is 0 Å². The van der Waals surface area contributed by atoms with E-state index in [1.54, 1.807) is 12.1 Å². The van der Waals surface area contributed by atoms with E-state index in [1.165, 1.54) is 0 Å². The van der Waals surface area contributed by atoms with Crippen molar-refractivity contribution in [1.29, 1.82) is 0 Å². The van der Waals surface area contributed by atoms with Crippen LogP contribution in [0.15, 0.2) is 53.0 Å². The van der Waals surface area contributed by atoms with Gasteiger partial charge in [0.1, 0.15) is 0 Å². The van der Waals surface area contributed by atoms with E-state index in [-0.39, 0.29) is 10.7 Å². The van der Waals surface area contributed by atoms with E-state index >= 15 is 0 Å². The molecule has 0 fully saturated rings. The second kappa shape index (κ2) is 6.35. The van der Waals surface area contributed by atoms with E-state index in [0.29, 0.717) is 5.56 Å². The minimum absolute atomic E-state index is 0.109. The van der Waals surface area contributed by atoms with E-state index in [0.717, 1.165) is 15.7 Å². The van der Waals surface area contributed by atoms with Crippen molar-refractivity contribution in [2.24, 2.45) is 0 Å². The molecular formula is C15H13Br2NO. The second-order valence-electron chi connectivity index (χ2n) is 4.17. The van der Waals surface area contributed by atoms with Crippen molar-refractivity contribution in [3.8, 4) is 0 Å². The number of hydrogen-bond donors (Lipinski definition) is 1. The maximum absolute atomic E-state index is 12.2. The van der Waals surface area contributed by atoms with Gasteiger partial charge in [-0.15, -0.1) is 0 Å². The Morgan fingerprint density at radius 1 is 1.16 bits per heavy atom. The highest BCUT2D eigenvalue weighted by Crippen LogP contribution is 2.29. The van der Waals surface area contributed by atoms with Crippen molar-refractivity contribution >= 4 is 43.5 Å². The maximum Gasteiger partial charge on any atom is 0.255 e. The first-order chi connectivity index (χ1) is 9.08. The molecule has 0 saturated heterocycles. The van der Waals surface area contributed by atoms with Crippen LogP contribution in [-0.4, -0.2) is 5.91 Å². The molecule has 0 aliphatic heterocycles. The molecule has 19 heavy (non-hydrogen) atoms. The summed E-state index contributed by atoms with van der Waals surface area (Å²) in [6, 6.07) is 15.1. The molecule has 2 rings (SSSR count). The molecule has 0 radical (unpaired) electrons. The third-order valence-corrected chi connectivity index (χ3v) is 3.71. The lowest BCUT2D eigenvalue weighted by atomic mass is 10.1. The zero-order chi connectivity index (χ0) is 13.8. The molecule has 2 nitrogen and oxygen atoms in total. The lowest BCUT2D eigenvalue weighted by molar-refractivity contribution is 0.102. The molecule has 4 heteroatoms. The molecule has 0 saturated carbocycles. The summed E-state index contributed by atoms with van der Waals surface area (Å²) in [7, 11) is 0. The molecule has 0 heterocycles. The van der Waals surface area contributed by atoms with Gasteiger partial charge in [-0.1, -0.05) is 56.1 Å². The van der Waals surface area contributed by atoms with E-state index in [1.807, 2.05) is 43.3 Å². The van der Waals surface area contributed by atoms with Gasteiger partial charge in [-0.3, -0.25) is 4.79 Å². The Morgan fingerprint density at radius 2 is 1.89 bits per heavy atom. The molecule has 0 aliphatic rings. The van der Waals surface area contributed by atoms with Gasteiger partial charge in [0, 0.05) is 20.6 Å². The molecule has 1 atom stereocenters. The summed E-state index contributed by atoms with van der Waals surface area (Å²) in [6.45, 7) is 2.03. The molecule has 2 aromatic carbocycles. The van der Waals surface area contributed by atoms with Gasteiger partial charge in [-0.05, 0) is 36.8 Å². The van der Waals surface area contributed by atoms with Crippen molar-refractivity contribution in [2.45, 2.75) is 11.8 Å².